The molecule has 2 aliphatic heterocycles. The lowest BCUT2D eigenvalue weighted by Gasteiger charge is -2.31. The number of halogens is 2. The summed E-state index contributed by atoms with van der Waals surface area (Å²) in [6.07, 6.45) is 5.34. The first-order valence-electron chi connectivity index (χ1n) is 8.81. The molecule has 1 aromatic carbocycles. The van der Waals surface area contributed by atoms with Crippen LogP contribution in [0.25, 0.3) is 0 Å². The van der Waals surface area contributed by atoms with E-state index in [9.17, 15) is 13.6 Å². The summed E-state index contributed by atoms with van der Waals surface area (Å²) in [6, 6.07) is 3.49. The van der Waals surface area contributed by atoms with Crippen molar-refractivity contribution in [2.45, 2.75) is 32.4 Å². The minimum absolute atomic E-state index is 0.227. The fourth-order valence-corrected chi connectivity index (χ4v) is 3.37. The zero-order valence-corrected chi connectivity index (χ0v) is 14.8. The fraction of sp³-hybridized carbons (Fsp3) is 0.444. The number of hydrogen-bond acceptors (Lipinski definition) is 3. The maximum Gasteiger partial charge on any atom is 0.314 e. The summed E-state index contributed by atoms with van der Waals surface area (Å²) in [6.45, 7) is 4.21. The summed E-state index contributed by atoms with van der Waals surface area (Å²) >= 11 is 0. The Morgan fingerprint density at radius 2 is 2.12 bits per heavy atom. The zero-order chi connectivity index (χ0) is 18.7. The molecule has 6 nitrogen and oxygen atoms in total. The molecule has 0 aliphatic carbocycles. The van der Waals surface area contributed by atoms with Crippen LogP contribution in [0, 0.1) is 11.6 Å². The van der Waals surface area contributed by atoms with Crippen molar-refractivity contribution >= 4 is 12.2 Å². The highest BCUT2D eigenvalue weighted by atomic mass is 19.1. The number of rotatable bonds is 5. The lowest BCUT2D eigenvalue weighted by molar-refractivity contribution is -0.895. The molecule has 0 saturated carbocycles. The van der Waals surface area contributed by atoms with Crippen LogP contribution in [0.5, 0.6) is 0 Å². The van der Waals surface area contributed by atoms with Gasteiger partial charge in [-0.25, -0.2) is 13.6 Å². The number of nitrogens with one attached hydrogen (secondary N) is 1. The molecule has 8 heteroatoms. The first-order chi connectivity index (χ1) is 12.4. The Morgan fingerprint density at radius 3 is 2.73 bits per heavy atom. The molecular formula is C18H24F2N5O+. The Balaban J connectivity index is 1.65. The Labute approximate surface area is 151 Å². The number of piperidine rings is 1. The largest absolute Gasteiger partial charge is 0.376 e. The highest BCUT2D eigenvalue weighted by Gasteiger charge is 2.31. The molecule has 1 unspecified atom stereocenters. The van der Waals surface area contributed by atoms with Gasteiger partial charge in [0.25, 0.3) is 0 Å². The van der Waals surface area contributed by atoms with Gasteiger partial charge in [-0.05, 0) is 31.9 Å². The highest BCUT2D eigenvalue weighted by Crippen LogP contribution is 2.24. The van der Waals surface area contributed by atoms with E-state index in [0.29, 0.717) is 31.7 Å². The van der Waals surface area contributed by atoms with E-state index in [4.69, 9.17) is 5.73 Å². The number of nitrogens with zero attached hydrogens (tertiary/aromatic N) is 3. The molecule has 1 atom stereocenters. The van der Waals surface area contributed by atoms with Gasteiger partial charge in [0.05, 0.1) is 0 Å². The van der Waals surface area contributed by atoms with Gasteiger partial charge in [0.1, 0.15) is 42.8 Å². The summed E-state index contributed by atoms with van der Waals surface area (Å²) in [5, 5.41) is 7.99. The van der Waals surface area contributed by atoms with Gasteiger partial charge in [-0.2, -0.15) is 4.59 Å². The summed E-state index contributed by atoms with van der Waals surface area (Å²) in [7, 11) is 0. The number of benzene rings is 1. The van der Waals surface area contributed by atoms with Gasteiger partial charge < -0.3 is 16.0 Å². The Bertz CT molecular complexity index is 743. The van der Waals surface area contributed by atoms with Crippen molar-refractivity contribution in [3.63, 3.8) is 0 Å². The van der Waals surface area contributed by atoms with Gasteiger partial charge in [0, 0.05) is 30.8 Å². The predicted molar refractivity (Wildman–Crippen MR) is 94.8 cm³/mol. The van der Waals surface area contributed by atoms with E-state index < -0.39 is 11.6 Å². The SMILES string of the molecule is CC[N+]1(Cc2ccc(F)cc2F)C=C(NC2CCN(C(N)=O)CC2)C=N1. The van der Waals surface area contributed by atoms with Crippen LogP contribution in [0.3, 0.4) is 0 Å². The molecule has 1 saturated heterocycles. The number of quaternary nitrogens is 1. The molecule has 2 aliphatic rings. The first kappa shape index (κ1) is 18.3. The minimum Gasteiger partial charge on any atom is -0.376 e. The molecule has 1 fully saturated rings. The van der Waals surface area contributed by atoms with Crippen LogP contribution in [0.15, 0.2) is 35.2 Å². The first-order valence-corrected chi connectivity index (χ1v) is 8.81. The molecule has 3 N–H and O–H groups in total. The van der Waals surface area contributed by atoms with Gasteiger partial charge >= 0.3 is 6.03 Å². The molecule has 0 bridgehead atoms. The monoisotopic (exact) mass is 364 g/mol. The van der Waals surface area contributed by atoms with E-state index in [1.807, 2.05) is 13.1 Å². The second-order valence-electron chi connectivity index (χ2n) is 6.77. The van der Waals surface area contributed by atoms with Crippen molar-refractivity contribution < 1.29 is 18.2 Å². The Hall–Kier alpha value is -2.48. The highest BCUT2D eigenvalue weighted by molar-refractivity contribution is 5.78. The van der Waals surface area contributed by atoms with Crippen LogP contribution in [-0.4, -0.2) is 47.4 Å². The number of urea groups is 1. The third-order valence-corrected chi connectivity index (χ3v) is 4.99. The summed E-state index contributed by atoms with van der Waals surface area (Å²) in [5.74, 6) is -1.14. The van der Waals surface area contributed by atoms with E-state index in [-0.39, 0.29) is 16.7 Å². The molecule has 26 heavy (non-hydrogen) atoms. The maximum absolute atomic E-state index is 14.0. The van der Waals surface area contributed by atoms with Crippen molar-refractivity contribution in [1.82, 2.24) is 10.2 Å². The second-order valence-corrected chi connectivity index (χ2v) is 6.77. The standard InChI is InChI=1S/C18H23F2N5O/c1-2-25(11-13-3-4-14(19)9-17(13)20)12-16(10-22-25)23-15-5-7-24(8-6-15)18(21)26/h3-4,9-10,12,15,23H,2,5-8,11H2,1H3,(H-,21,26)/p+1. The number of primary amides is 1. The van der Waals surface area contributed by atoms with Crippen molar-refractivity contribution in [2.75, 3.05) is 19.6 Å². The molecule has 2 heterocycles. The van der Waals surface area contributed by atoms with Crippen LogP contribution in [0.1, 0.15) is 25.3 Å². The number of allylic oxidation sites excluding steroid dienone is 1. The van der Waals surface area contributed by atoms with Crippen LogP contribution in [0.2, 0.25) is 0 Å². The third-order valence-electron chi connectivity index (χ3n) is 4.99. The van der Waals surface area contributed by atoms with E-state index >= 15 is 0 Å². The lowest BCUT2D eigenvalue weighted by atomic mass is 10.1. The van der Waals surface area contributed by atoms with E-state index in [0.717, 1.165) is 24.6 Å². The third kappa shape index (κ3) is 4.01. The van der Waals surface area contributed by atoms with Crippen molar-refractivity contribution in [2.24, 2.45) is 10.8 Å². The zero-order valence-electron chi connectivity index (χ0n) is 14.8. The van der Waals surface area contributed by atoms with Crippen molar-refractivity contribution in [3.05, 3.63) is 47.3 Å². The van der Waals surface area contributed by atoms with Gasteiger partial charge in [-0.15, -0.1) is 0 Å². The van der Waals surface area contributed by atoms with E-state index in [2.05, 4.69) is 10.4 Å². The summed E-state index contributed by atoms with van der Waals surface area (Å²) in [5.41, 5.74) is 6.61. The van der Waals surface area contributed by atoms with Gasteiger partial charge in [-0.3, -0.25) is 0 Å². The smallest absolute Gasteiger partial charge is 0.314 e. The summed E-state index contributed by atoms with van der Waals surface area (Å²) in [4.78, 5) is 12.8. The summed E-state index contributed by atoms with van der Waals surface area (Å²) < 4.78 is 27.3. The quantitative estimate of drug-likeness (QED) is 0.787. The predicted octanol–water partition coefficient (Wildman–Crippen LogP) is 2.28. The number of carbonyl (C=O) groups is 1. The minimum atomic E-state index is -0.584. The van der Waals surface area contributed by atoms with Crippen LogP contribution in [-0.2, 0) is 6.54 Å². The van der Waals surface area contributed by atoms with Gasteiger partial charge in [0.15, 0.2) is 0 Å². The number of likely N-dealkylation sites (tertiary alicyclic amines) is 1. The van der Waals surface area contributed by atoms with E-state index in [1.54, 1.807) is 11.1 Å². The Kier molecular flexibility index (Phi) is 5.22. The van der Waals surface area contributed by atoms with E-state index in [1.165, 1.54) is 12.1 Å². The van der Waals surface area contributed by atoms with Crippen LogP contribution >= 0.6 is 0 Å². The average molecular weight is 364 g/mol. The van der Waals surface area contributed by atoms with Crippen molar-refractivity contribution in [1.29, 1.82) is 0 Å². The average Bonchev–Trinajstić information content (AvgIpc) is 3.01. The lowest BCUT2D eigenvalue weighted by Crippen LogP contribution is -2.46. The number of amides is 2. The molecule has 0 spiro atoms. The van der Waals surface area contributed by atoms with Gasteiger partial charge in [0.2, 0.25) is 0 Å². The molecule has 140 valence electrons. The van der Waals surface area contributed by atoms with Gasteiger partial charge in [-0.1, -0.05) is 5.10 Å². The normalized spacial score (nSPS) is 23.2. The molecule has 0 radical (unpaired) electrons. The van der Waals surface area contributed by atoms with Crippen LogP contribution in [0.4, 0.5) is 13.6 Å². The molecular weight excluding hydrogens is 340 g/mol. The molecule has 2 amide bonds. The molecule has 3 rings (SSSR count). The Morgan fingerprint density at radius 1 is 1.38 bits per heavy atom. The molecule has 1 aromatic rings. The molecule has 0 aromatic heterocycles. The maximum atomic E-state index is 14.0. The second kappa shape index (κ2) is 7.41. The topological polar surface area (TPSA) is 70.7 Å². The van der Waals surface area contributed by atoms with Crippen LogP contribution < -0.4 is 11.1 Å². The fourth-order valence-electron chi connectivity index (χ4n) is 3.37. The number of hydrogen-bond donors (Lipinski definition) is 2. The number of carbonyl (C=O) groups excluding carboxylic acids is 1. The number of nitrogens with two attached hydrogens (primary N) is 1. The van der Waals surface area contributed by atoms with Crippen molar-refractivity contribution in [3.8, 4) is 0 Å².